The molecule has 0 fully saturated rings. The summed E-state index contributed by atoms with van der Waals surface area (Å²) in [7, 11) is 0. The maximum absolute atomic E-state index is 3.83. The Kier molecular flexibility index (Phi) is 7.43. The van der Waals surface area contributed by atoms with Crippen molar-refractivity contribution in [3.8, 4) is 0 Å². The van der Waals surface area contributed by atoms with Crippen LogP contribution >= 0.6 is 0 Å². The smallest absolute Gasteiger partial charge is 0.0767 e. The molecule has 0 spiro atoms. The molecule has 1 atom stereocenters. The van der Waals surface area contributed by atoms with Gasteiger partial charge in [0.25, 0.3) is 0 Å². The highest BCUT2D eigenvalue weighted by Crippen LogP contribution is 2.31. The molecule has 0 saturated carbocycles. The molecule has 0 amide bonds. The summed E-state index contributed by atoms with van der Waals surface area (Å²) in [6.07, 6.45) is 6.13. The van der Waals surface area contributed by atoms with Gasteiger partial charge in [-0.1, -0.05) is 80.6 Å². The van der Waals surface area contributed by atoms with Gasteiger partial charge in [0.2, 0.25) is 0 Å². The van der Waals surface area contributed by atoms with Crippen molar-refractivity contribution in [3.63, 3.8) is 0 Å². The Bertz CT molecular complexity index is 890. The summed E-state index contributed by atoms with van der Waals surface area (Å²) in [5.74, 6) is 0. The van der Waals surface area contributed by atoms with E-state index in [1.165, 1.54) is 73.1 Å². The summed E-state index contributed by atoms with van der Waals surface area (Å²) in [4.78, 5) is 2.72. The van der Waals surface area contributed by atoms with Crippen LogP contribution in [0.2, 0.25) is 0 Å². The topological polar surface area (TPSA) is 15.3 Å². The van der Waals surface area contributed by atoms with Crippen molar-refractivity contribution >= 4 is 5.69 Å². The standard InChI is InChI=1S/C29H36N2/c1-3-19-31(20-4-2)28-18-16-25-21-27(17-15-26(25)22-28)30-29(23-11-7-5-8-12-23)24-13-9-6-10-14-24/h5-15,17,21,28-30H,3-4,16,18-20,22H2,1-2H3. The van der Waals surface area contributed by atoms with Gasteiger partial charge in [-0.05, 0) is 79.6 Å². The third kappa shape index (κ3) is 5.37. The lowest BCUT2D eigenvalue weighted by atomic mass is 9.86. The minimum atomic E-state index is 0.154. The molecule has 31 heavy (non-hydrogen) atoms. The normalized spacial score (nSPS) is 15.8. The van der Waals surface area contributed by atoms with Crippen molar-refractivity contribution in [2.75, 3.05) is 18.4 Å². The first kappa shape index (κ1) is 21.6. The Morgan fingerprint density at radius 1 is 0.806 bits per heavy atom. The van der Waals surface area contributed by atoms with Gasteiger partial charge >= 0.3 is 0 Å². The first-order valence-corrected chi connectivity index (χ1v) is 12.0. The van der Waals surface area contributed by atoms with Crippen molar-refractivity contribution in [1.29, 1.82) is 0 Å². The average molecular weight is 413 g/mol. The quantitative estimate of drug-likeness (QED) is 0.413. The number of nitrogens with zero attached hydrogens (tertiary/aromatic N) is 1. The van der Waals surface area contributed by atoms with Crippen molar-refractivity contribution in [1.82, 2.24) is 4.90 Å². The summed E-state index contributed by atoms with van der Waals surface area (Å²) < 4.78 is 0. The van der Waals surface area contributed by atoms with Crippen LogP contribution in [-0.4, -0.2) is 24.0 Å². The van der Waals surface area contributed by atoms with Gasteiger partial charge < -0.3 is 10.2 Å². The lowest BCUT2D eigenvalue weighted by molar-refractivity contribution is 0.180. The second-order valence-electron chi connectivity index (χ2n) is 8.81. The van der Waals surface area contributed by atoms with Gasteiger partial charge in [0.05, 0.1) is 6.04 Å². The molecule has 1 aliphatic carbocycles. The maximum atomic E-state index is 3.83. The van der Waals surface area contributed by atoms with Crippen LogP contribution in [0.5, 0.6) is 0 Å². The minimum absolute atomic E-state index is 0.154. The zero-order valence-electron chi connectivity index (χ0n) is 19.1. The highest BCUT2D eigenvalue weighted by atomic mass is 15.1. The van der Waals surface area contributed by atoms with Gasteiger partial charge in [-0.2, -0.15) is 0 Å². The minimum Gasteiger partial charge on any atom is -0.374 e. The highest BCUT2D eigenvalue weighted by Gasteiger charge is 2.24. The van der Waals surface area contributed by atoms with Crippen LogP contribution in [0, 0.1) is 0 Å². The SMILES string of the molecule is CCCN(CCC)C1CCc2cc(NC(c3ccccc3)c3ccccc3)ccc2C1. The van der Waals surface area contributed by atoms with Crippen molar-refractivity contribution < 1.29 is 0 Å². The average Bonchev–Trinajstić information content (AvgIpc) is 2.83. The summed E-state index contributed by atoms with van der Waals surface area (Å²) >= 11 is 0. The molecule has 4 rings (SSSR count). The van der Waals surface area contributed by atoms with E-state index >= 15 is 0 Å². The number of aryl methyl sites for hydroxylation is 1. The molecule has 2 nitrogen and oxygen atoms in total. The first-order chi connectivity index (χ1) is 15.3. The fourth-order valence-corrected chi connectivity index (χ4v) is 5.01. The number of hydrogen-bond donors (Lipinski definition) is 1. The van der Waals surface area contributed by atoms with Crippen LogP contribution in [0.1, 0.15) is 61.4 Å². The first-order valence-electron chi connectivity index (χ1n) is 12.0. The predicted octanol–water partition coefficient (Wildman–Crippen LogP) is 6.87. The summed E-state index contributed by atoms with van der Waals surface area (Å²) in [6.45, 7) is 7.05. The fourth-order valence-electron chi connectivity index (χ4n) is 5.01. The molecule has 2 heteroatoms. The Morgan fingerprint density at radius 3 is 2.00 bits per heavy atom. The summed E-state index contributed by atoms with van der Waals surface area (Å²) in [6, 6.07) is 29.4. The van der Waals surface area contributed by atoms with E-state index in [-0.39, 0.29) is 6.04 Å². The highest BCUT2D eigenvalue weighted by molar-refractivity contribution is 5.53. The van der Waals surface area contributed by atoms with Crippen LogP contribution in [0.4, 0.5) is 5.69 Å². The molecule has 0 aromatic heterocycles. The van der Waals surface area contributed by atoms with E-state index in [1.807, 2.05) is 0 Å². The molecule has 0 bridgehead atoms. The number of hydrogen-bond acceptors (Lipinski definition) is 2. The van der Waals surface area contributed by atoms with Gasteiger partial charge in [0.1, 0.15) is 0 Å². The molecule has 1 aliphatic rings. The van der Waals surface area contributed by atoms with Gasteiger partial charge in [-0.3, -0.25) is 0 Å². The molecule has 1 unspecified atom stereocenters. The van der Waals surface area contributed by atoms with Crippen molar-refractivity contribution in [3.05, 3.63) is 101 Å². The van der Waals surface area contributed by atoms with Crippen LogP contribution < -0.4 is 5.32 Å². The van der Waals surface area contributed by atoms with Crippen molar-refractivity contribution in [2.45, 2.75) is 58.0 Å². The second-order valence-corrected chi connectivity index (χ2v) is 8.81. The van der Waals surface area contributed by atoms with Crippen LogP contribution in [0.3, 0.4) is 0 Å². The molecule has 0 aliphatic heterocycles. The number of anilines is 1. The third-order valence-electron chi connectivity index (χ3n) is 6.52. The second kappa shape index (κ2) is 10.6. The van der Waals surface area contributed by atoms with Gasteiger partial charge in [0.15, 0.2) is 0 Å². The lowest BCUT2D eigenvalue weighted by Crippen LogP contribution is -2.40. The number of rotatable bonds is 9. The third-order valence-corrected chi connectivity index (χ3v) is 6.52. The van der Waals surface area contributed by atoms with E-state index in [2.05, 4.69) is 103 Å². The summed E-state index contributed by atoms with van der Waals surface area (Å²) in [5.41, 5.74) is 6.86. The van der Waals surface area contributed by atoms with Crippen molar-refractivity contribution in [2.24, 2.45) is 0 Å². The molecule has 0 radical (unpaired) electrons. The number of benzene rings is 3. The van der Waals surface area contributed by atoms with E-state index in [0.717, 1.165) is 0 Å². The van der Waals surface area contributed by atoms with Gasteiger partial charge in [0, 0.05) is 11.7 Å². The Labute approximate surface area is 188 Å². The molecule has 1 N–H and O–H groups in total. The Hall–Kier alpha value is -2.58. The zero-order chi connectivity index (χ0) is 21.5. The van der Waals surface area contributed by atoms with E-state index in [0.29, 0.717) is 6.04 Å². The zero-order valence-corrected chi connectivity index (χ0v) is 19.1. The largest absolute Gasteiger partial charge is 0.374 e. The van der Waals surface area contributed by atoms with Gasteiger partial charge in [-0.15, -0.1) is 0 Å². The van der Waals surface area contributed by atoms with Crippen LogP contribution in [0.15, 0.2) is 78.9 Å². The maximum Gasteiger partial charge on any atom is 0.0767 e. The molecule has 0 saturated heterocycles. The van der Waals surface area contributed by atoms with E-state index in [9.17, 15) is 0 Å². The fraction of sp³-hybridized carbons (Fsp3) is 0.379. The Morgan fingerprint density at radius 2 is 1.42 bits per heavy atom. The van der Waals surface area contributed by atoms with Crippen LogP contribution in [0.25, 0.3) is 0 Å². The monoisotopic (exact) mass is 412 g/mol. The number of fused-ring (bicyclic) bond motifs is 1. The van der Waals surface area contributed by atoms with E-state index in [4.69, 9.17) is 0 Å². The molecule has 0 heterocycles. The summed E-state index contributed by atoms with van der Waals surface area (Å²) in [5, 5.41) is 3.83. The van der Waals surface area contributed by atoms with E-state index in [1.54, 1.807) is 0 Å². The Balaban J connectivity index is 1.53. The van der Waals surface area contributed by atoms with Crippen LogP contribution in [-0.2, 0) is 12.8 Å². The lowest BCUT2D eigenvalue weighted by Gasteiger charge is -2.35. The number of nitrogens with one attached hydrogen (secondary N) is 1. The molecule has 3 aromatic rings. The predicted molar refractivity (Wildman–Crippen MR) is 133 cm³/mol. The molecular weight excluding hydrogens is 376 g/mol. The molecule has 3 aromatic carbocycles. The molecular formula is C29H36N2. The molecule has 162 valence electrons. The van der Waals surface area contributed by atoms with Gasteiger partial charge in [-0.25, -0.2) is 0 Å². The van der Waals surface area contributed by atoms with E-state index < -0.39 is 0 Å².